The van der Waals surface area contributed by atoms with Gasteiger partial charge in [0.1, 0.15) is 0 Å². The summed E-state index contributed by atoms with van der Waals surface area (Å²) in [4.78, 5) is 12.3. The van der Waals surface area contributed by atoms with Gasteiger partial charge in [0, 0.05) is 20.5 Å². The molecule has 84 valence electrons. The van der Waals surface area contributed by atoms with Gasteiger partial charge in [-0.3, -0.25) is 4.79 Å². The zero-order chi connectivity index (χ0) is 12.0. The first-order chi connectivity index (χ1) is 8.16. The quantitative estimate of drug-likeness (QED) is 0.545. The smallest absolute Gasteiger partial charge is 0.195 e. The van der Waals surface area contributed by atoms with Crippen molar-refractivity contribution >= 4 is 54.7 Å². The van der Waals surface area contributed by atoms with E-state index in [-0.39, 0.29) is 5.43 Å². The molecule has 0 radical (unpaired) electrons. The summed E-state index contributed by atoms with van der Waals surface area (Å²) in [5.41, 5.74) is -0.0150. The van der Waals surface area contributed by atoms with Crippen molar-refractivity contribution in [2.75, 3.05) is 0 Å². The summed E-state index contributed by atoms with van der Waals surface area (Å²) in [7, 11) is 0. The fourth-order valence-corrected chi connectivity index (χ4v) is 3.50. The van der Waals surface area contributed by atoms with E-state index in [9.17, 15) is 4.79 Å². The Morgan fingerprint density at radius 1 is 1.00 bits per heavy atom. The van der Waals surface area contributed by atoms with Crippen LogP contribution in [0.4, 0.5) is 0 Å². The Hall–Kier alpha value is -1.09. The Kier molecular flexibility index (Phi) is 2.58. The topological polar surface area (TPSA) is 17.1 Å². The van der Waals surface area contributed by atoms with Crippen LogP contribution in [0.5, 0.6) is 0 Å². The van der Waals surface area contributed by atoms with Gasteiger partial charge in [-0.05, 0) is 24.3 Å². The highest BCUT2D eigenvalue weighted by Crippen LogP contribution is 2.32. The summed E-state index contributed by atoms with van der Waals surface area (Å²) in [6.45, 7) is 0. The van der Waals surface area contributed by atoms with Gasteiger partial charge in [-0.25, -0.2) is 0 Å². The van der Waals surface area contributed by atoms with Gasteiger partial charge in [0.05, 0.1) is 9.72 Å². The minimum atomic E-state index is -0.0150. The highest BCUT2D eigenvalue weighted by atomic mass is 35.5. The Balaban J connectivity index is 2.64. The third-order valence-corrected chi connectivity index (χ3v) is 4.44. The molecule has 2 aromatic carbocycles. The van der Waals surface area contributed by atoms with E-state index >= 15 is 0 Å². The molecule has 0 saturated carbocycles. The minimum Gasteiger partial charge on any atom is -0.289 e. The van der Waals surface area contributed by atoms with Crippen molar-refractivity contribution in [3.8, 4) is 0 Å². The van der Waals surface area contributed by atoms with E-state index < -0.39 is 0 Å². The fourth-order valence-electron chi connectivity index (χ4n) is 1.83. The number of benzene rings is 2. The molecule has 1 aromatic heterocycles. The van der Waals surface area contributed by atoms with E-state index in [0.717, 1.165) is 9.40 Å². The van der Waals surface area contributed by atoms with Gasteiger partial charge in [-0.2, -0.15) is 0 Å². The molecule has 0 saturated heterocycles. The molecule has 17 heavy (non-hydrogen) atoms. The van der Waals surface area contributed by atoms with Gasteiger partial charge < -0.3 is 0 Å². The number of hydrogen-bond donors (Lipinski definition) is 0. The molecule has 0 unspecified atom stereocenters. The average Bonchev–Trinajstić information content (AvgIpc) is 2.31. The first kappa shape index (κ1) is 11.0. The van der Waals surface area contributed by atoms with Crippen LogP contribution in [0.3, 0.4) is 0 Å². The molecule has 0 atom stereocenters. The molecule has 0 aliphatic rings. The van der Waals surface area contributed by atoms with Gasteiger partial charge in [0.2, 0.25) is 0 Å². The van der Waals surface area contributed by atoms with Gasteiger partial charge >= 0.3 is 0 Å². The summed E-state index contributed by atoms with van der Waals surface area (Å²) in [6, 6.07) is 10.8. The Morgan fingerprint density at radius 2 is 1.76 bits per heavy atom. The van der Waals surface area contributed by atoms with E-state index in [1.807, 2.05) is 24.3 Å². The molecule has 0 spiro atoms. The molecule has 0 amide bonds. The lowest BCUT2D eigenvalue weighted by Gasteiger charge is -2.03. The van der Waals surface area contributed by atoms with E-state index in [4.69, 9.17) is 23.2 Å². The van der Waals surface area contributed by atoms with E-state index in [1.165, 1.54) is 11.3 Å². The van der Waals surface area contributed by atoms with E-state index in [1.54, 1.807) is 12.1 Å². The van der Waals surface area contributed by atoms with Gasteiger partial charge in [-0.15, -0.1) is 11.3 Å². The Labute approximate surface area is 111 Å². The molecule has 0 fully saturated rings. The number of halogens is 2. The Morgan fingerprint density at radius 3 is 2.59 bits per heavy atom. The number of hydrogen-bond acceptors (Lipinski definition) is 2. The molecule has 4 heteroatoms. The monoisotopic (exact) mass is 280 g/mol. The standard InChI is InChI=1S/C13H6Cl2OS/c14-7-5-9-12(16)8-3-1-2-4-11(8)17-13(9)10(15)6-7/h1-6H. The second-order valence-corrected chi connectivity index (χ2v) is 5.59. The Bertz CT molecular complexity index is 792. The SMILES string of the molecule is O=c1c2ccccc2sc2c(Cl)cc(Cl)cc12. The van der Waals surface area contributed by atoms with Gasteiger partial charge in [0.15, 0.2) is 5.43 Å². The van der Waals surface area contributed by atoms with Crippen molar-refractivity contribution in [2.24, 2.45) is 0 Å². The van der Waals surface area contributed by atoms with Crippen molar-refractivity contribution in [2.45, 2.75) is 0 Å². The molecule has 0 aliphatic carbocycles. The van der Waals surface area contributed by atoms with Crippen molar-refractivity contribution in [3.63, 3.8) is 0 Å². The maximum Gasteiger partial charge on any atom is 0.195 e. The highest BCUT2D eigenvalue weighted by Gasteiger charge is 2.09. The van der Waals surface area contributed by atoms with Crippen LogP contribution in [-0.4, -0.2) is 0 Å². The van der Waals surface area contributed by atoms with Crippen molar-refractivity contribution in [3.05, 3.63) is 56.7 Å². The first-order valence-corrected chi connectivity index (χ1v) is 6.54. The van der Waals surface area contributed by atoms with Crippen LogP contribution in [0, 0.1) is 0 Å². The molecule has 1 heterocycles. The average molecular weight is 281 g/mol. The maximum atomic E-state index is 12.3. The lowest BCUT2D eigenvalue weighted by molar-refractivity contribution is 1.74. The van der Waals surface area contributed by atoms with E-state index in [0.29, 0.717) is 20.8 Å². The van der Waals surface area contributed by atoms with Crippen LogP contribution >= 0.6 is 34.5 Å². The summed E-state index contributed by atoms with van der Waals surface area (Å²) in [5.74, 6) is 0. The summed E-state index contributed by atoms with van der Waals surface area (Å²) in [6.07, 6.45) is 0. The molecule has 3 rings (SSSR count). The van der Waals surface area contributed by atoms with Crippen LogP contribution in [0.25, 0.3) is 20.2 Å². The normalized spacial score (nSPS) is 11.2. The fraction of sp³-hybridized carbons (Fsp3) is 0. The van der Waals surface area contributed by atoms with Crippen molar-refractivity contribution in [1.82, 2.24) is 0 Å². The molecule has 1 nitrogen and oxygen atoms in total. The van der Waals surface area contributed by atoms with Crippen LogP contribution in [0.2, 0.25) is 10.0 Å². The summed E-state index contributed by atoms with van der Waals surface area (Å²) < 4.78 is 1.73. The third kappa shape index (κ3) is 1.73. The highest BCUT2D eigenvalue weighted by molar-refractivity contribution is 7.25. The summed E-state index contributed by atoms with van der Waals surface area (Å²) in [5, 5.41) is 2.32. The molecule has 0 N–H and O–H groups in total. The summed E-state index contributed by atoms with van der Waals surface area (Å²) >= 11 is 13.6. The second kappa shape index (κ2) is 3.98. The zero-order valence-corrected chi connectivity index (χ0v) is 10.9. The van der Waals surface area contributed by atoms with Crippen LogP contribution in [0.1, 0.15) is 0 Å². The predicted molar refractivity (Wildman–Crippen MR) is 75.6 cm³/mol. The molecule has 0 aliphatic heterocycles. The lowest BCUT2D eigenvalue weighted by atomic mass is 10.2. The van der Waals surface area contributed by atoms with E-state index in [2.05, 4.69) is 0 Å². The van der Waals surface area contributed by atoms with Crippen LogP contribution in [0.15, 0.2) is 41.2 Å². The molecule has 3 aromatic rings. The second-order valence-electron chi connectivity index (χ2n) is 3.69. The molecular formula is C13H6Cl2OS. The molecular weight excluding hydrogens is 275 g/mol. The van der Waals surface area contributed by atoms with Crippen LogP contribution in [-0.2, 0) is 0 Å². The van der Waals surface area contributed by atoms with Crippen molar-refractivity contribution in [1.29, 1.82) is 0 Å². The largest absolute Gasteiger partial charge is 0.289 e. The molecule has 0 bridgehead atoms. The zero-order valence-electron chi connectivity index (χ0n) is 8.54. The van der Waals surface area contributed by atoms with Crippen molar-refractivity contribution < 1.29 is 0 Å². The minimum absolute atomic E-state index is 0.0150. The predicted octanol–water partition coefficient (Wildman–Crippen LogP) is 4.72. The number of fused-ring (bicyclic) bond motifs is 2. The van der Waals surface area contributed by atoms with Gasteiger partial charge in [0.25, 0.3) is 0 Å². The number of rotatable bonds is 0. The first-order valence-electron chi connectivity index (χ1n) is 4.97. The lowest BCUT2D eigenvalue weighted by Crippen LogP contribution is -2.00. The maximum absolute atomic E-state index is 12.3. The van der Waals surface area contributed by atoms with Gasteiger partial charge in [-0.1, -0.05) is 35.3 Å². The van der Waals surface area contributed by atoms with Crippen LogP contribution < -0.4 is 5.43 Å². The third-order valence-electron chi connectivity index (χ3n) is 2.60.